The number of hydrogen-bond acceptors (Lipinski definition) is 4. The van der Waals surface area contributed by atoms with Crippen LogP contribution >= 0.6 is 0 Å². The Hall–Kier alpha value is -3.07. The van der Waals surface area contributed by atoms with Crippen LogP contribution in [0.2, 0.25) is 0 Å². The van der Waals surface area contributed by atoms with Gasteiger partial charge in [0.2, 0.25) is 5.56 Å². The second-order valence-electron chi connectivity index (χ2n) is 7.89. The number of phenols is 1. The normalized spacial score (nSPS) is 15.1. The highest BCUT2D eigenvalue weighted by molar-refractivity contribution is 5.91. The number of aliphatic hydroxyl groups is 1. The van der Waals surface area contributed by atoms with Gasteiger partial charge in [0.15, 0.2) is 5.60 Å². The van der Waals surface area contributed by atoms with Gasteiger partial charge in [0.1, 0.15) is 11.6 Å². The van der Waals surface area contributed by atoms with Gasteiger partial charge in [0, 0.05) is 22.7 Å². The molecule has 0 aliphatic rings. The van der Waals surface area contributed by atoms with Crippen molar-refractivity contribution in [3.63, 3.8) is 0 Å². The Balaban J connectivity index is 2.24. The lowest BCUT2D eigenvalue weighted by molar-refractivity contribution is -0.272. The van der Waals surface area contributed by atoms with Crippen LogP contribution in [0.4, 0.5) is 23.2 Å². The van der Waals surface area contributed by atoms with E-state index in [0.717, 1.165) is 18.2 Å². The summed E-state index contributed by atoms with van der Waals surface area (Å²) in [5.74, 6) is -2.04. The van der Waals surface area contributed by atoms with Gasteiger partial charge < -0.3 is 20.5 Å². The second kappa shape index (κ2) is 8.22. The van der Waals surface area contributed by atoms with Crippen LogP contribution in [0.25, 0.3) is 10.9 Å². The molecule has 0 amide bonds. The maximum Gasteiger partial charge on any atom is 0.419 e. The Morgan fingerprint density at radius 3 is 2.45 bits per heavy atom. The molecule has 0 aliphatic carbocycles. The fourth-order valence-electron chi connectivity index (χ4n) is 3.70. The fraction of sp³-hybridized carbons (Fsp3) is 0.318. The van der Waals surface area contributed by atoms with E-state index in [0.29, 0.717) is 10.9 Å². The van der Waals surface area contributed by atoms with E-state index in [1.165, 1.54) is 38.1 Å². The third kappa shape index (κ3) is 4.51. The van der Waals surface area contributed by atoms with Crippen molar-refractivity contribution in [3.8, 4) is 5.75 Å². The molecule has 0 spiro atoms. The van der Waals surface area contributed by atoms with Gasteiger partial charge in [0.25, 0.3) is 0 Å². The summed E-state index contributed by atoms with van der Waals surface area (Å²) in [6.45, 7) is 3.03. The molecule has 2 aromatic carbocycles. The smallest absolute Gasteiger partial charge is 0.419 e. The van der Waals surface area contributed by atoms with Crippen molar-refractivity contribution in [2.24, 2.45) is 5.92 Å². The van der Waals surface area contributed by atoms with Gasteiger partial charge in [-0.25, -0.2) is 4.39 Å². The van der Waals surface area contributed by atoms with Gasteiger partial charge in [-0.15, -0.1) is 0 Å². The summed E-state index contributed by atoms with van der Waals surface area (Å²) in [7, 11) is 0. The molecule has 4 N–H and O–H groups in total. The van der Waals surface area contributed by atoms with Crippen LogP contribution in [-0.4, -0.2) is 27.0 Å². The Kier molecular flexibility index (Phi) is 6.00. The van der Waals surface area contributed by atoms with Crippen molar-refractivity contribution in [2.45, 2.75) is 38.1 Å². The lowest BCUT2D eigenvalue weighted by Gasteiger charge is -2.40. The van der Waals surface area contributed by atoms with Crippen LogP contribution < -0.4 is 10.9 Å². The summed E-state index contributed by atoms with van der Waals surface area (Å²) >= 11 is 0. The first-order valence-corrected chi connectivity index (χ1v) is 9.58. The fourth-order valence-corrected chi connectivity index (χ4v) is 3.70. The van der Waals surface area contributed by atoms with Crippen molar-refractivity contribution in [2.75, 3.05) is 5.32 Å². The van der Waals surface area contributed by atoms with Gasteiger partial charge in [-0.3, -0.25) is 4.79 Å². The Morgan fingerprint density at radius 2 is 1.81 bits per heavy atom. The molecule has 0 radical (unpaired) electrons. The summed E-state index contributed by atoms with van der Waals surface area (Å²) in [6, 6.07) is 7.86. The Bertz CT molecular complexity index is 1140. The molecule has 31 heavy (non-hydrogen) atoms. The highest BCUT2D eigenvalue weighted by Crippen LogP contribution is 2.48. The van der Waals surface area contributed by atoms with Crippen molar-refractivity contribution in [1.29, 1.82) is 0 Å². The van der Waals surface area contributed by atoms with Crippen LogP contribution in [0.1, 0.15) is 31.9 Å². The van der Waals surface area contributed by atoms with E-state index in [9.17, 15) is 32.6 Å². The summed E-state index contributed by atoms with van der Waals surface area (Å²) in [5.41, 5.74) is -3.65. The number of phenolic OH excluding ortho intramolecular Hbond substituents is 1. The zero-order valence-corrected chi connectivity index (χ0v) is 16.8. The summed E-state index contributed by atoms with van der Waals surface area (Å²) in [5, 5.41) is 24.3. The third-order valence-electron chi connectivity index (χ3n) is 5.05. The molecular weight excluding hydrogens is 416 g/mol. The molecular formula is C22H22F4N2O3. The van der Waals surface area contributed by atoms with E-state index in [4.69, 9.17) is 0 Å². The number of hydrogen-bond donors (Lipinski definition) is 4. The first kappa shape index (κ1) is 22.6. The zero-order chi connectivity index (χ0) is 23.0. The van der Waals surface area contributed by atoms with Gasteiger partial charge in [-0.1, -0.05) is 19.9 Å². The summed E-state index contributed by atoms with van der Waals surface area (Å²) in [4.78, 5) is 14.2. The van der Waals surface area contributed by atoms with Gasteiger partial charge in [-0.05, 0) is 48.7 Å². The molecule has 9 heteroatoms. The van der Waals surface area contributed by atoms with E-state index in [-0.39, 0.29) is 5.69 Å². The minimum Gasteiger partial charge on any atom is -0.508 e. The molecule has 3 rings (SSSR count). The number of nitrogens with one attached hydrogen (secondary N) is 2. The number of aromatic nitrogens is 1. The number of aromatic hydroxyl groups is 1. The van der Waals surface area contributed by atoms with E-state index < -0.39 is 52.8 Å². The highest BCUT2D eigenvalue weighted by Gasteiger charge is 2.59. The minimum atomic E-state index is -5.10. The quantitative estimate of drug-likeness (QED) is 0.414. The molecule has 0 aliphatic heterocycles. The highest BCUT2D eigenvalue weighted by atomic mass is 19.4. The maximum atomic E-state index is 14.2. The van der Waals surface area contributed by atoms with Gasteiger partial charge in [-0.2, -0.15) is 13.2 Å². The number of aromatic amines is 1. The molecule has 166 valence electrons. The lowest BCUT2D eigenvalue weighted by atomic mass is 9.80. The molecule has 2 atom stereocenters. The summed E-state index contributed by atoms with van der Waals surface area (Å²) in [6.07, 6.45) is -5.81. The molecule has 0 fully saturated rings. The summed E-state index contributed by atoms with van der Waals surface area (Å²) < 4.78 is 56.5. The number of pyridine rings is 1. The monoisotopic (exact) mass is 438 g/mol. The molecule has 0 saturated carbocycles. The number of benzene rings is 2. The first-order valence-electron chi connectivity index (χ1n) is 9.58. The zero-order valence-electron chi connectivity index (χ0n) is 16.8. The van der Waals surface area contributed by atoms with Crippen LogP contribution in [0.5, 0.6) is 5.75 Å². The molecule has 0 bridgehead atoms. The van der Waals surface area contributed by atoms with Crippen molar-refractivity contribution < 1.29 is 27.8 Å². The number of halogens is 4. The topological polar surface area (TPSA) is 85.4 Å². The van der Waals surface area contributed by atoms with E-state index in [1.807, 2.05) is 0 Å². The van der Waals surface area contributed by atoms with Gasteiger partial charge in [0.05, 0.1) is 11.6 Å². The van der Waals surface area contributed by atoms with E-state index >= 15 is 0 Å². The van der Waals surface area contributed by atoms with Crippen molar-refractivity contribution in [1.82, 2.24) is 4.98 Å². The number of rotatable bonds is 6. The molecule has 3 aromatic rings. The van der Waals surface area contributed by atoms with E-state index in [1.54, 1.807) is 6.07 Å². The average molecular weight is 438 g/mol. The van der Waals surface area contributed by atoms with Crippen molar-refractivity contribution in [3.05, 3.63) is 70.3 Å². The molecule has 2 unspecified atom stereocenters. The second-order valence-corrected chi connectivity index (χ2v) is 7.89. The molecule has 1 aromatic heterocycles. The first-order chi connectivity index (χ1) is 14.4. The minimum absolute atomic E-state index is 0.161. The Morgan fingerprint density at radius 1 is 1.10 bits per heavy atom. The Labute approximate surface area is 175 Å². The van der Waals surface area contributed by atoms with Crippen LogP contribution in [0.15, 0.2) is 53.3 Å². The standard InChI is InChI=1S/C22H22F4N2O3/c1-12(2)11-21(31,22(24,25)26)20(15-10-13(23)6-8-18(15)29)28-17-5-3-4-16-14(17)7-9-19(30)27-16/h3-10,12,20,28-29,31H,11H2,1-2H3,(H,27,30). The third-order valence-corrected chi connectivity index (χ3v) is 5.05. The molecule has 5 nitrogen and oxygen atoms in total. The lowest BCUT2D eigenvalue weighted by Crippen LogP contribution is -2.53. The maximum absolute atomic E-state index is 14.2. The SMILES string of the molecule is CC(C)CC(O)(C(Nc1cccc2[nH]c(=O)ccc12)c1cc(F)ccc1O)C(F)(F)F. The predicted octanol–water partition coefficient (Wildman–Crippen LogP) is 4.87. The number of H-pyrrole nitrogens is 1. The van der Waals surface area contributed by atoms with E-state index in [2.05, 4.69) is 10.3 Å². The van der Waals surface area contributed by atoms with Crippen LogP contribution in [0.3, 0.4) is 0 Å². The number of anilines is 1. The van der Waals surface area contributed by atoms with Crippen molar-refractivity contribution >= 4 is 16.6 Å². The molecule has 1 heterocycles. The molecule has 0 saturated heterocycles. The van der Waals surface area contributed by atoms with Gasteiger partial charge >= 0.3 is 6.18 Å². The predicted molar refractivity (Wildman–Crippen MR) is 109 cm³/mol. The van der Waals surface area contributed by atoms with Crippen LogP contribution in [-0.2, 0) is 0 Å². The largest absolute Gasteiger partial charge is 0.508 e. The number of fused-ring (bicyclic) bond motifs is 1. The number of alkyl halides is 3. The van der Waals surface area contributed by atoms with Crippen LogP contribution in [0, 0.1) is 11.7 Å². The average Bonchev–Trinajstić information content (AvgIpc) is 2.66.